The van der Waals surface area contributed by atoms with Gasteiger partial charge in [-0.2, -0.15) is 0 Å². The van der Waals surface area contributed by atoms with Crippen LogP contribution in [0.15, 0.2) is 0 Å². The van der Waals surface area contributed by atoms with Crippen molar-refractivity contribution < 1.29 is 9.47 Å². The summed E-state index contributed by atoms with van der Waals surface area (Å²) in [6.45, 7) is 1.58. The van der Waals surface area contributed by atoms with Gasteiger partial charge in [-0.25, -0.2) is 0 Å². The summed E-state index contributed by atoms with van der Waals surface area (Å²) in [4.78, 5) is 0. The van der Waals surface area contributed by atoms with Gasteiger partial charge in [0, 0.05) is 6.42 Å². The van der Waals surface area contributed by atoms with E-state index in [1.54, 1.807) is 0 Å². The fraction of sp³-hybridized carbons (Fsp3) is 1.00. The van der Waals surface area contributed by atoms with Crippen LogP contribution in [0, 0.1) is 0 Å². The van der Waals surface area contributed by atoms with Gasteiger partial charge in [-0.3, -0.25) is 0 Å². The third-order valence-electron chi connectivity index (χ3n) is 2.49. The third kappa shape index (κ3) is 1.42. The normalized spacial score (nSPS) is 36.3. The minimum Gasteiger partial charge on any atom is -0.346 e. The van der Waals surface area contributed by atoms with Crippen molar-refractivity contribution in [3.63, 3.8) is 0 Å². The van der Waals surface area contributed by atoms with Crippen LogP contribution in [0.4, 0.5) is 0 Å². The summed E-state index contributed by atoms with van der Waals surface area (Å²) in [6.07, 6.45) is 4.95. The zero-order valence-corrected chi connectivity index (χ0v) is 8.67. The number of hydrogen-bond acceptors (Lipinski definition) is 2. The van der Waals surface area contributed by atoms with Gasteiger partial charge in [-0.15, -0.1) is 0 Å². The van der Waals surface area contributed by atoms with E-state index < -0.39 is 0 Å². The Balaban J connectivity index is 2.07. The second-order valence-electron chi connectivity index (χ2n) is 3.22. The van der Waals surface area contributed by atoms with Crippen LogP contribution in [-0.2, 0) is 9.47 Å². The molecule has 1 atom stereocenters. The zero-order valence-electron chi connectivity index (χ0n) is 6.51. The first kappa shape index (κ1) is 8.26. The average Bonchev–Trinajstić information content (AvgIpc) is 2.46. The molecular formula is C8H13IO2. The van der Waals surface area contributed by atoms with Crippen LogP contribution >= 0.6 is 22.6 Å². The highest BCUT2D eigenvalue weighted by molar-refractivity contribution is 14.1. The molecule has 0 aromatic heterocycles. The van der Waals surface area contributed by atoms with Crippen LogP contribution < -0.4 is 0 Å². The molecule has 0 aromatic carbocycles. The molecule has 2 nitrogen and oxygen atoms in total. The average molecular weight is 268 g/mol. The van der Waals surface area contributed by atoms with Crippen LogP contribution in [0.2, 0.25) is 0 Å². The molecule has 1 aliphatic heterocycles. The van der Waals surface area contributed by atoms with Gasteiger partial charge in [-0.05, 0) is 12.8 Å². The maximum Gasteiger partial charge on any atom is 0.180 e. The largest absolute Gasteiger partial charge is 0.346 e. The van der Waals surface area contributed by atoms with Gasteiger partial charge in [0.15, 0.2) is 5.79 Å². The fourth-order valence-corrected chi connectivity index (χ4v) is 2.98. The van der Waals surface area contributed by atoms with E-state index in [2.05, 4.69) is 22.6 Å². The molecule has 1 saturated heterocycles. The Morgan fingerprint density at radius 3 is 2.55 bits per heavy atom. The smallest absolute Gasteiger partial charge is 0.180 e. The highest BCUT2D eigenvalue weighted by Gasteiger charge is 2.44. The maximum absolute atomic E-state index is 5.66. The molecule has 3 heteroatoms. The molecule has 0 amide bonds. The van der Waals surface area contributed by atoms with Gasteiger partial charge in [-0.1, -0.05) is 29.0 Å². The first-order chi connectivity index (χ1) is 5.33. The van der Waals surface area contributed by atoms with Crippen molar-refractivity contribution >= 4 is 22.6 Å². The summed E-state index contributed by atoms with van der Waals surface area (Å²) in [5.74, 6) is -0.182. The molecule has 2 rings (SSSR count). The number of ether oxygens (including phenoxy) is 2. The van der Waals surface area contributed by atoms with Gasteiger partial charge >= 0.3 is 0 Å². The van der Waals surface area contributed by atoms with E-state index in [1.165, 1.54) is 19.3 Å². The van der Waals surface area contributed by atoms with Crippen molar-refractivity contribution in [2.24, 2.45) is 0 Å². The van der Waals surface area contributed by atoms with Gasteiger partial charge in [0.2, 0.25) is 0 Å². The van der Waals surface area contributed by atoms with Crippen molar-refractivity contribution in [3.8, 4) is 0 Å². The quantitative estimate of drug-likeness (QED) is 0.495. The van der Waals surface area contributed by atoms with Crippen molar-refractivity contribution in [1.82, 2.24) is 0 Å². The van der Waals surface area contributed by atoms with Gasteiger partial charge in [0.25, 0.3) is 0 Å². The predicted molar refractivity (Wildman–Crippen MR) is 50.9 cm³/mol. The molecule has 2 aliphatic rings. The van der Waals surface area contributed by atoms with E-state index >= 15 is 0 Å². The molecule has 0 bridgehead atoms. The lowest BCUT2D eigenvalue weighted by atomic mass is 9.94. The van der Waals surface area contributed by atoms with Crippen LogP contribution in [0.25, 0.3) is 0 Å². The number of rotatable bonds is 0. The minimum absolute atomic E-state index is 0.182. The Hall–Kier alpha value is 0.650. The molecule has 1 aliphatic carbocycles. The SMILES string of the molecule is IC1CCCCC12OCCO2. The Morgan fingerprint density at radius 1 is 1.18 bits per heavy atom. The number of halogens is 1. The fourth-order valence-electron chi connectivity index (χ4n) is 1.87. The lowest BCUT2D eigenvalue weighted by Crippen LogP contribution is -2.42. The van der Waals surface area contributed by atoms with Crippen molar-refractivity contribution in [2.75, 3.05) is 13.2 Å². The zero-order chi connectivity index (χ0) is 7.73. The van der Waals surface area contributed by atoms with Gasteiger partial charge < -0.3 is 9.47 Å². The molecule has 64 valence electrons. The van der Waals surface area contributed by atoms with Crippen LogP contribution in [-0.4, -0.2) is 22.9 Å². The summed E-state index contributed by atoms with van der Waals surface area (Å²) >= 11 is 2.46. The molecule has 0 radical (unpaired) electrons. The number of alkyl halides is 1. The van der Waals surface area contributed by atoms with E-state index in [0.717, 1.165) is 19.6 Å². The van der Waals surface area contributed by atoms with E-state index in [1.807, 2.05) is 0 Å². The molecule has 0 aromatic rings. The maximum atomic E-state index is 5.66. The summed E-state index contributed by atoms with van der Waals surface area (Å²) in [7, 11) is 0. The van der Waals surface area contributed by atoms with E-state index in [0.29, 0.717) is 3.92 Å². The minimum atomic E-state index is -0.182. The highest BCUT2D eigenvalue weighted by Crippen LogP contribution is 2.40. The molecular weight excluding hydrogens is 255 g/mol. The van der Waals surface area contributed by atoms with Crippen molar-refractivity contribution in [2.45, 2.75) is 35.4 Å². The molecule has 11 heavy (non-hydrogen) atoms. The second-order valence-corrected chi connectivity index (χ2v) is 4.73. The predicted octanol–water partition coefficient (Wildman–Crippen LogP) is 2.11. The van der Waals surface area contributed by atoms with Crippen LogP contribution in [0.1, 0.15) is 25.7 Å². The van der Waals surface area contributed by atoms with E-state index in [9.17, 15) is 0 Å². The summed E-state index contributed by atoms with van der Waals surface area (Å²) < 4.78 is 11.9. The summed E-state index contributed by atoms with van der Waals surface area (Å²) in [5.41, 5.74) is 0. The first-order valence-corrected chi connectivity index (χ1v) is 5.50. The topological polar surface area (TPSA) is 18.5 Å². The molecule has 1 spiro atoms. The second kappa shape index (κ2) is 3.18. The van der Waals surface area contributed by atoms with E-state index in [4.69, 9.17) is 9.47 Å². The van der Waals surface area contributed by atoms with Crippen molar-refractivity contribution in [3.05, 3.63) is 0 Å². The lowest BCUT2D eigenvalue weighted by Gasteiger charge is -2.35. The Kier molecular flexibility index (Phi) is 2.39. The standard InChI is InChI=1S/C8H13IO2/c9-7-3-1-2-4-8(7)10-5-6-11-8/h7H,1-6H2. The summed E-state index contributed by atoms with van der Waals surface area (Å²) in [5, 5.41) is 0. The van der Waals surface area contributed by atoms with E-state index in [-0.39, 0.29) is 5.79 Å². The number of hydrogen-bond donors (Lipinski definition) is 0. The Bertz CT molecular complexity index is 143. The molecule has 1 saturated carbocycles. The third-order valence-corrected chi connectivity index (χ3v) is 4.06. The monoisotopic (exact) mass is 268 g/mol. The van der Waals surface area contributed by atoms with Gasteiger partial charge in [0.1, 0.15) is 0 Å². The molecule has 1 heterocycles. The van der Waals surface area contributed by atoms with Crippen LogP contribution in [0.3, 0.4) is 0 Å². The van der Waals surface area contributed by atoms with Crippen molar-refractivity contribution in [1.29, 1.82) is 0 Å². The Labute approximate surface area is 80.8 Å². The lowest BCUT2D eigenvalue weighted by molar-refractivity contribution is -0.168. The first-order valence-electron chi connectivity index (χ1n) is 4.25. The molecule has 2 fully saturated rings. The van der Waals surface area contributed by atoms with Crippen LogP contribution in [0.5, 0.6) is 0 Å². The Morgan fingerprint density at radius 2 is 1.91 bits per heavy atom. The molecule has 1 unspecified atom stereocenters. The summed E-state index contributed by atoms with van der Waals surface area (Å²) in [6, 6.07) is 0. The molecule has 0 N–H and O–H groups in total. The highest BCUT2D eigenvalue weighted by atomic mass is 127. The van der Waals surface area contributed by atoms with Gasteiger partial charge in [0.05, 0.1) is 17.1 Å².